The van der Waals surface area contributed by atoms with Crippen LogP contribution in [0.1, 0.15) is 32.6 Å². The molecular weight excluding hydrogens is 200 g/mol. The Labute approximate surface area is 99.5 Å². The number of piperidine rings is 2. The molecule has 2 heterocycles. The Balaban J connectivity index is 1.79. The van der Waals surface area contributed by atoms with Crippen molar-refractivity contribution in [2.75, 3.05) is 33.3 Å². The zero-order valence-electron chi connectivity index (χ0n) is 10.7. The molecule has 3 unspecified atom stereocenters. The second-order valence-corrected chi connectivity index (χ2v) is 5.44. The fraction of sp³-hybridized carbons (Fsp3) is 1.00. The van der Waals surface area contributed by atoms with Crippen LogP contribution >= 0.6 is 0 Å². The van der Waals surface area contributed by atoms with Crippen molar-refractivity contribution < 1.29 is 4.74 Å². The minimum atomic E-state index is 0.465. The van der Waals surface area contributed by atoms with Crippen LogP contribution in [-0.4, -0.2) is 50.3 Å². The summed E-state index contributed by atoms with van der Waals surface area (Å²) in [5, 5.41) is 3.67. The molecule has 2 rings (SSSR count). The van der Waals surface area contributed by atoms with Gasteiger partial charge < -0.3 is 10.1 Å². The van der Waals surface area contributed by atoms with Crippen LogP contribution in [0.15, 0.2) is 0 Å². The first-order chi connectivity index (χ1) is 7.79. The molecule has 2 saturated heterocycles. The Morgan fingerprint density at radius 2 is 2.19 bits per heavy atom. The third-order valence-corrected chi connectivity index (χ3v) is 4.18. The number of nitrogens with one attached hydrogen (secondary N) is 1. The largest absolute Gasteiger partial charge is 0.380 e. The molecular formula is C13H26N2O. The van der Waals surface area contributed by atoms with E-state index < -0.39 is 0 Å². The second kappa shape index (κ2) is 5.99. The van der Waals surface area contributed by atoms with Crippen LogP contribution in [0.5, 0.6) is 0 Å². The van der Waals surface area contributed by atoms with Gasteiger partial charge in [-0.05, 0) is 44.7 Å². The van der Waals surface area contributed by atoms with Crippen LogP contribution in [0.25, 0.3) is 0 Å². The number of rotatable bonds is 3. The van der Waals surface area contributed by atoms with Gasteiger partial charge in [0.15, 0.2) is 0 Å². The maximum Gasteiger partial charge on any atom is 0.0698 e. The van der Waals surface area contributed by atoms with E-state index >= 15 is 0 Å². The molecule has 3 atom stereocenters. The Bertz CT molecular complexity index is 210. The first-order valence-corrected chi connectivity index (χ1v) is 6.78. The van der Waals surface area contributed by atoms with E-state index in [0.717, 1.165) is 12.5 Å². The molecule has 2 fully saturated rings. The van der Waals surface area contributed by atoms with E-state index in [2.05, 4.69) is 17.1 Å². The molecule has 0 radical (unpaired) electrons. The molecule has 1 N–H and O–H groups in total. The second-order valence-electron chi connectivity index (χ2n) is 5.44. The maximum atomic E-state index is 5.48. The van der Waals surface area contributed by atoms with E-state index in [0.29, 0.717) is 12.1 Å². The van der Waals surface area contributed by atoms with Crippen LogP contribution in [0.4, 0.5) is 0 Å². The van der Waals surface area contributed by atoms with Crippen molar-refractivity contribution in [3.05, 3.63) is 0 Å². The van der Waals surface area contributed by atoms with Crippen molar-refractivity contribution >= 4 is 0 Å². The lowest BCUT2D eigenvalue weighted by atomic mass is 9.92. The molecule has 94 valence electrons. The quantitative estimate of drug-likeness (QED) is 0.789. The third kappa shape index (κ3) is 3.19. The van der Waals surface area contributed by atoms with Gasteiger partial charge in [-0.1, -0.05) is 6.92 Å². The van der Waals surface area contributed by atoms with Crippen LogP contribution < -0.4 is 5.32 Å². The number of likely N-dealkylation sites (tertiary alicyclic amines) is 1. The molecule has 0 aliphatic carbocycles. The molecule has 0 bridgehead atoms. The Kier molecular flexibility index (Phi) is 4.62. The number of methoxy groups -OCH3 is 1. The fourth-order valence-electron chi connectivity index (χ4n) is 3.01. The average molecular weight is 226 g/mol. The van der Waals surface area contributed by atoms with E-state index in [1.807, 2.05) is 7.11 Å². The molecule has 3 nitrogen and oxygen atoms in total. The van der Waals surface area contributed by atoms with Gasteiger partial charge in [-0.3, -0.25) is 4.90 Å². The Morgan fingerprint density at radius 3 is 2.94 bits per heavy atom. The van der Waals surface area contributed by atoms with Gasteiger partial charge in [-0.15, -0.1) is 0 Å². The number of nitrogens with zero attached hydrogens (tertiary/aromatic N) is 1. The van der Waals surface area contributed by atoms with E-state index in [1.165, 1.54) is 45.3 Å². The first-order valence-electron chi connectivity index (χ1n) is 6.78. The number of hydrogen-bond acceptors (Lipinski definition) is 3. The zero-order valence-corrected chi connectivity index (χ0v) is 10.7. The monoisotopic (exact) mass is 226 g/mol. The Morgan fingerprint density at radius 1 is 1.31 bits per heavy atom. The van der Waals surface area contributed by atoms with Crippen molar-refractivity contribution in [2.45, 2.75) is 44.8 Å². The van der Waals surface area contributed by atoms with Gasteiger partial charge >= 0.3 is 0 Å². The van der Waals surface area contributed by atoms with Gasteiger partial charge in [-0.25, -0.2) is 0 Å². The van der Waals surface area contributed by atoms with E-state index in [-0.39, 0.29) is 0 Å². The van der Waals surface area contributed by atoms with Gasteiger partial charge in [0.2, 0.25) is 0 Å². The van der Waals surface area contributed by atoms with Gasteiger partial charge in [0.05, 0.1) is 6.10 Å². The molecule has 3 heteroatoms. The van der Waals surface area contributed by atoms with Crippen LogP contribution in [0.2, 0.25) is 0 Å². The van der Waals surface area contributed by atoms with Gasteiger partial charge in [0.1, 0.15) is 0 Å². The van der Waals surface area contributed by atoms with Crippen molar-refractivity contribution in [1.82, 2.24) is 10.2 Å². The molecule has 2 aliphatic rings. The minimum Gasteiger partial charge on any atom is -0.380 e. The van der Waals surface area contributed by atoms with Crippen LogP contribution in [0, 0.1) is 5.92 Å². The number of hydrogen-bond donors (Lipinski definition) is 1. The SMILES string of the molecule is COC1CCCN(CC2NCCCC2C)C1. The molecule has 0 saturated carbocycles. The fourth-order valence-corrected chi connectivity index (χ4v) is 3.01. The highest BCUT2D eigenvalue weighted by atomic mass is 16.5. The van der Waals surface area contributed by atoms with Crippen molar-refractivity contribution in [1.29, 1.82) is 0 Å². The van der Waals surface area contributed by atoms with Crippen molar-refractivity contribution in [2.24, 2.45) is 5.92 Å². The number of ether oxygens (including phenoxy) is 1. The molecule has 0 spiro atoms. The summed E-state index contributed by atoms with van der Waals surface area (Å²) in [5.41, 5.74) is 0. The maximum absolute atomic E-state index is 5.48. The average Bonchev–Trinajstić information content (AvgIpc) is 2.32. The molecule has 0 aromatic carbocycles. The summed E-state index contributed by atoms with van der Waals surface area (Å²) in [6, 6.07) is 0.698. The normalized spacial score (nSPS) is 37.5. The molecule has 0 aromatic rings. The summed E-state index contributed by atoms with van der Waals surface area (Å²) >= 11 is 0. The highest BCUT2D eigenvalue weighted by Crippen LogP contribution is 2.19. The minimum absolute atomic E-state index is 0.465. The van der Waals surface area contributed by atoms with Gasteiger partial charge in [0, 0.05) is 26.2 Å². The van der Waals surface area contributed by atoms with Crippen LogP contribution in [0.3, 0.4) is 0 Å². The highest BCUT2D eigenvalue weighted by Gasteiger charge is 2.26. The summed E-state index contributed by atoms with van der Waals surface area (Å²) in [6.45, 7) is 7.18. The third-order valence-electron chi connectivity index (χ3n) is 4.18. The topological polar surface area (TPSA) is 24.5 Å². The lowest BCUT2D eigenvalue weighted by molar-refractivity contribution is 0.0244. The molecule has 2 aliphatic heterocycles. The standard InChI is InChI=1S/C13H26N2O/c1-11-5-3-7-14-13(11)10-15-8-4-6-12(9-15)16-2/h11-14H,3-10H2,1-2H3. The van der Waals surface area contributed by atoms with Crippen LogP contribution in [-0.2, 0) is 4.74 Å². The smallest absolute Gasteiger partial charge is 0.0698 e. The summed E-state index contributed by atoms with van der Waals surface area (Å²) in [5.74, 6) is 0.830. The molecule has 0 amide bonds. The summed E-state index contributed by atoms with van der Waals surface area (Å²) in [7, 11) is 1.84. The van der Waals surface area contributed by atoms with Crippen molar-refractivity contribution in [3.63, 3.8) is 0 Å². The van der Waals surface area contributed by atoms with E-state index in [1.54, 1.807) is 0 Å². The highest BCUT2D eigenvalue weighted by molar-refractivity contribution is 4.83. The van der Waals surface area contributed by atoms with Gasteiger partial charge in [0.25, 0.3) is 0 Å². The molecule has 16 heavy (non-hydrogen) atoms. The predicted molar refractivity (Wildman–Crippen MR) is 66.7 cm³/mol. The first kappa shape index (κ1) is 12.3. The lowest BCUT2D eigenvalue weighted by Gasteiger charge is -2.38. The lowest BCUT2D eigenvalue weighted by Crippen LogP contribution is -2.51. The molecule has 0 aromatic heterocycles. The van der Waals surface area contributed by atoms with E-state index in [4.69, 9.17) is 4.74 Å². The van der Waals surface area contributed by atoms with Gasteiger partial charge in [-0.2, -0.15) is 0 Å². The summed E-state index contributed by atoms with van der Waals surface area (Å²) < 4.78 is 5.48. The predicted octanol–water partition coefficient (Wildman–Crippen LogP) is 1.49. The van der Waals surface area contributed by atoms with Crippen molar-refractivity contribution in [3.8, 4) is 0 Å². The summed E-state index contributed by atoms with van der Waals surface area (Å²) in [6.07, 6.45) is 5.73. The Hall–Kier alpha value is -0.120. The van der Waals surface area contributed by atoms with E-state index in [9.17, 15) is 0 Å². The summed E-state index contributed by atoms with van der Waals surface area (Å²) in [4.78, 5) is 2.58. The zero-order chi connectivity index (χ0) is 11.4.